The quantitative estimate of drug-likeness (QED) is 0.303. The van der Waals surface area contributed by atoms with Gasteiger partial charge < -0.3 is 9.84 Å². The molecule has 0 aromatic heterocycles. The predicted molar refractivity (Wildman–Crippen MR) is 48.7 cm³/mol. The summed E-state index contributed by atoms with van der Waals surface area (Å²) in [5, 5.41) is 15.7. The van der Waals surface area contributed by atoms with Crippen molar-refractivity contribution >= 4 is 5.97 Å². The van der Waals surface area contributed by atoms with Crippen molar-refractivity contribution in [1.82, 2.24) is 0 Å². The minimum atomic E-state index is -0.441. The fourth-order valence-corrected chi connectivity index (χ4v) is 0.296. The van der Waals surface area contributed by atoms with E-state index in [2.05, 4.69) is 17.9 Å². The molecule has 0 spiro atoms. The lowest BCUT2D eigenvalue weighted by Gasteiger charge is -1.96. The van der Waals surface area contributed by atoms with Crippen LogP contribution in [0.5, 0.6) is 0 Å². The van der Waals surface area contributed by atoms with Crippen molar-refractivity contribution in [3.63, 3.8) is 0 Å². The molecule has 0 aromatic rings. The van der Waals surface area contributed by atoms with Crippen molar-refractivity contribution in [3.8, 4) is 6.07 Å². The summed E-state index contributed by atoms with van der Waals surface area (Å²) < 4.78 is 4.51. The van der Waals surface area contributed by atoms with E-state index in [-0.39, 0.29) is 13.2 Å². The Morgan fingerprint density at radius 1 is 1.62 bits per heavy atom. The third kappa shape index (κ3) is 17.9. The van der Waals surface area contributed by atoms with Crippen LogP contribution in [0.15, 0.2) is 25.3 Å². The first-order valence-electron chi connectivity index (χ1n) is 3.63. The highest BCUT2D eigenvalue weighted by Gasteiger charge is 1.91. The molecule has 13 heavy (non-hydrogen) atoms. The van der Waals surface area contributed by atoms with Crippen LogP contribution >= 0.6 is 0 Å². The van der Waals surface area contributed by atoms with Gasteiger partial charge in [0.05, 0.1) is 12.7 Å². The lowest BCUT2D eigenvalue weighted by atomic mass is 10.5. The van der Waals surface area contributed by atoms with Crippen molar-refractivity contribution in [3.05, 3.63) is 25.3 Å². The molecule has 4 nitrogen and oxygen atoms in total. The maximum Gasteiger partial charge on any atom is 0.330 e. The number of nitrogens with zero attached hydrogens (tertiary/aromatic N) is 1. The van der Waals surface area contributed by atoms with Crippen molar-refractivity contribution in [1.29, 1.82) is 5.26 Å². The summed E-state index contributed by atoms with van der Waals surface area (Å²) in [7, 11) is 0. The van der Waals surface area contributed by atoms with Gasteiger partial charge in [0.2, 0.25) is 0 Å². The van der Waals surface area contributed by atoms with Gasteiger partial charge in [-0.25, -0.2) is 4.79 Å². The van der Waals surface area contributed by atoms with Gasteiger partial charge in [0, 0.05) is 25.2 Å². The third-order valence-electron chi connectivity index (χ3n) is 0.805. The number of carbonyl (C=O) groups excluding carboxylic acids is 1. The van der Waals surface area contributed by atoms with E-state index in [4.69, 9.17) is 10.4 Å². The molecular weight excluding hydrogens is 170 g/mol. The lowest BCUT2D eigenvalue weighted by Crippen LogP contribution is -2.02. The zero-order valence-electron chi connectivity index (χ0n) is 7.40. The number of rotatable bonds is 4. The Labute approximate surface area is 77.7 Å². The van der Waals surface area contributed by atoms with E-state index < -0.39 is 5.97 Å². The number of carbonyl (C=O) groups is 1. The van der Waals surface area contributed by atoms with E-state index in [1.807, 2.05) is 0 Å². The second-order valence-corrected chi connectivity index (χ2v) is 1.78. The van der Waals surface area contributed by atoms with E-state index in [0.29, 0.717) is 6.42 Å². The SMILES string of the molecule is C=CC#N.C=CC(=O)OCCCO. The number of esters is 1. The Hall–Kier alpha value is -1.60. The summed E-state index contributed by atoms with van der Waals surface area (Å²) in [6, 6.07) is 1.69. The summed E-state index contributed by atoms with van der Waals surface area (Å²) in [5.74, 6) is -0.441. The summed E-state index contributed by atoms with van der Waals surface area (Å²) in [6.07, 6.45) is 2.76. The Balaban J connectivity index is 0. The Morgan fingerprint density at radius 2 is 2.15 bits per heavy atom. The number of hydrogen-bond donors (Lipinski definition) is 1. The van der Waals surface area contributed by atoms with Crippen LogP contribution in [0.4, 0.5) is 0 Å². The molecule has 0 radical (unpaired) electrons. The highest BCUT2D eigenvalue weighted by atomic mass is 16.5. The van der Waals surface area contributed by atoms with Crippen LogP contribution in [0.25, 0.3) is 0 Å². The van der Waals surface area contributed by atoms with Gasteiger partial charge in [-0.15, -0.1) is 0 Å². The predicted octanol–water partition coefficient (Wildman–Crippen LogP) is 0.794. The first-order valence-corrected chi connectivity index (χ1v) is 3.63. The molecule has 4 heteroatoms. The molecule has 72 valence electrons. The number of aliphatic hydroxyl groups is 1. The summed E-state index contributed by atoms with van der Waals surface area (Å²) in [4.78, 5) is 10.3. The number of hydrogen-bond acceptors (Lipinski definition) is 4. The molecule has 0 fully saturated rings. The van der Waals surface area contributed by atoms with Gasteiger partial charge in [0.15, 0.2) is 0 Å². The number of allylic oxidation sites excluding steroid dienone is 1. The second-order valence-electron chi connectivity index (χ2n) is 1.78. The fraction of sp³-hybridized carbons (Fsp3) is 0.333. The summed E-state index contributed by atoms with van der Waals surface area (Å²) in [5.41, 5.74) is 0. The summed E-state index contributed by atoms with van der Waals surface area (Å²) >= 11 is 0. The minimum absolute atomic E-state index is 0.0461. The van der Waals surface area contributed by atoms with Gasteiger partial charge >= 0.3 is 5.97 Å². The average molecular weight is 183 g/mol. The second kappa shape index (κ2) is 13.0. The molecule has 0 saturated heterocycles. The van der Waals surface area contributed by atoms with E-state index >= 15 is 0 Å². The maximum atomic E-state index is 10.3. The highest BCUT2D eigenvalue weighted by Crippen LogP contribution is 1.82. The Bertz CT molecular complexity index is 194. The third-order valence-corrected chi connectivity index (χ3v) is 0.805. The van der Waals surface area contributed by atoms with Crippen LogP contribution in [0.3, 0.4) is 0 Å². The first-order chi connectivity index (χ1) is 6.22. The molecule has 0 aliphatic heterocycles. The number of nitriles is 1. The van der Waals surface area contributed by atoms with Gasteiger partial charge in [-0.3, -0.25) is 0 Å². The maximum absolute atomic E-state index is 10.3. The van der Waals surface area contributed by atoms with Crippen LogP contribution in [0.1, 0.15) is 6.42 Å². The molecule has 0 aromatic carbocycles. The van der Waals surface area contributed by atoms with Crippen LogP contribution < -0.4 is 0 Å². The summed E-state index contributed by atoms with van der Waals surface area (Å²) in [6.45, 7) is 6.63. The molecule has 0 amide bonds. The van der Waals surface area contributed by atoms with Crippen LogP contribution in [0.2, 0.25) is 0 Å². The normalized spacial score (nSPS) is 7.08. The molecule has 0 aliphatic rings. The monoisotopic (exact) mass is 183 g/mol. The van der Waals surface area contributed by atoms with Crippen LogP contribution in [0, 0.1) is 11.3 Å². The molecule has 0 bridgehead atoms. The van der Waals surface area contributed by atoms with Crippen molar-refractivity contribution < 1.29 is 14.6 Å². The van der Waals surface area contributed by atoms with E-state index in [0.717, 1.165) is 6.08 Å². The standard InChI is InChI=1S/C6H10O3.C3H3N/c1-2-6(8)9-5-3-4-7;1-2-3-4/h2,7H,1,3-5H2;2H,1H2. The average Bonchev–Trinajstić information content (AvgIpc) is 2.18. The highest BCUT2D eigenvalue weighted by molar-refractivity contribution is 5.81. The van der Waals surface area contributed by atoms with Crippen molar-refractivity contribution in [2.75, 3.05) is 13.2 Å². The molecule has 0 heterocycles. The Kier molecular flexibility index (Phi) is 14.0. The van der Waals surface area contributed by atoms with Gasteiger partial charge in [-0.2, -0.15) is 5.26 Å². The molecular formula is C9H13NO3. The molecule has 0 unspecified atom stereocenters. The smallest absolute Gasteiger partial charge is 0.330 e. The number of ether oxygens (including phenoxy) is 1. The van der Waals surface area contributed by atoms with Gasteiger partial charge in [0.25, 0.3) is 0 Å². The van der Waals surface area contributed by atoms with Gasteiger partial charge in [-0.05, 0) is 0 Å². The molecule has 0 atom stereocenters. The van der Waals surface area contributed by atoms with Crippen molar-refractivity contribution in [2.45, 2.75) is 6.42 Å². The van der Waals surface area contributed by atoms with Crippen molar-refractivity contribution in [2.24, 2.45) is 0 Å². The number of aliphatic hydroxyl groups excluding tert-OH is 1. The fourth-order valence-electron chi connectivity index (χ4n) is 0.296. The molecule has 0 aliphatic carbocycles. The van der Waals surface area contributed by atoms with Gasteiger partial charge in [0.1, 0.15) is 0 Å². The Morgan fingerprint density at radius 3 is 2.46 bits per heavy atom. The molecule has 1 N–H and O–H groups in total. The molecule has 0 saturated carbocycles. The molecule has 0 rings (SSSR count). The lowest BCUT2D eigenvalue weighted by molar-refractivity contribution is -0.137. The zero-order chi connectivity index (χ0) is 10.5. The van der Waals surface area contributed by atoms with Crippen LogP contribution in [-0.4, -0.2) is 24.3 Å². The van der Waals surface area contributed by atoms with E-state index in [9.17, 15) is 4.79 Å². The van der Waals surface area contributed by atoms with Crippen LogP contribution in [-0.2, 0) is 9.53 Å². The minimum Gasteiger partial charge on any atom is -0.462 e. The zero-order valence-corrected chi connectivity index (χ0v) is 7.40. The van der Waals surface area contributed by atoms with Gasteiger partial charge in [-0.1, -0.05) is 13.2 Å². The largest absolute Gasteiger partial charge is 0.462 e. The van der Waals surface area contributed by atoms with E-state index in [1.165, 1.54) is 6.08 Å². The topological polar surface area (TPSA) is 70.3 Å². The first kappa shape index (κ1) is 14.0. The van der Waals surface area contributed by atoms with E-state index in [1.54, 1.807) is 6.07 Å².